The Morgan fingerprint density at radius 3 is 2.68 bits per heavy atom. The summed E-state index contributed by atoms with van der Waals surface area (Å²) in [6.07, 6.45) is 0.121. The maximum absolute atomic E-state index is 13.1. The molecule has 7 nitrogen and oxygen atoms in total. The van der Waals surface area contributed by atoms with E-state index >= 15 is 0 Å². The lowest BCUT2D eigenvalue weighted by Gasteiger charge is -2.09. The zero-order valence-electron chi connectivity index (χ0n) is 14.0. The van der Waals surface area contributed by atoms with Crippen molar-refractivity contribution in [2.24, 2.45) is 0 Å². The molecule has 9 heteroatoms. The number of rotatable bonds is 7. The monoisotopic (exact) mass is 362 g/mol. The topological polar surface area (TPSA) is 92.5 Å². The van der Waals surface area contributed by atoms with Gasteiger partial charge in [0.1, 0.15) is 17.5 Å². The van der Waals surface area contributed by atoms with E-state index in [-0.39, 0.29) is 5.82 Å². The van der Waals surface area contributed by atoms with Crippen LogP contribution in [-0.4, -0.2) is 41.2 Å². The van der Waals surface area contributed by atoms with E-state index in [9.17, 15) is 9.50 Å². The first-order valence-corrected chi connectivity index (χ1v) is 8.93. The van der Waals surface area contributed by atoms with Crippen LogP contribution in [0.5, 0.6) is 0 Å². The molecule has 0 amide bonds. The number of thioether (sulfide) groups is 1. The highest BCUT2D eigenvalue weighted by molar-refractivity contribution is 7.98. The van der Waals surface area contributed by atoms with Crippen molar-refractivity contribution in [3.63, 3.8) is 0 Å². The Balaban J connectivity index is 1.84. The average molecular weight is 362 g/mol. The number of halogens is 1. The first-order valence-electron chi connectivity index (χ1n) is 7.94. The second kappa shape index (κ2) is 7.75. The summed E-state index contributed by atoms with van der Waals surface area (Å²) in [7, 11) is 0. The molecule has 1 aromatic carbocycles. The summed E-state index contributed by atoms with van der Waals surface area (Å²) < 4.78 is 14.8. The highest BCUT2D eigenvalue weighted by Gasteiger charge is 2.15. The number of aromatic nitrogens is 6. The minimum absolute atomic E-state index is 0.305. The van der Waals surface area contributed by atoms with E-state index in [0.717, 1.165) is 11.4 Å². The van der Waals surface area contributed by atoms with Crippen LogP contribution in [0.15, 0.2) is 29.4 Å². The van der Waals surface area contributed by atoms with Crippen molar-refractivity contribution >= 4 is 11.8 Å². The minimum Gasteiger partial charge on any atom is -0.391 e. The molecule has 3 rings (SSSR count). The fraction of sp³-hybridized carbons (Fsp3) is 0.375. The molecule has 0 radical (unpaired) electrons. The smallest absolute Gasteiger partial charge is 0.208 e. The Kier molecular flexibility index (Phi) is 5.44. The third kappa shape index (κ3) is 4.43. The number of hydrogen-bond donors (Lipinski definition) is 2. The standard InChI is InChI=1S/C16H19FN6OS/c1-3-13(24)8-23-14(9-25-16-18-10(2)20-21-16)19-15(22-23)11-4-6-12(17)7-5-11/h4-7,13,24H,3,8-9H2,1-2H3,(H,18,20,21). The van der Waals surface area contributed by atoms with Crippen molar-refractivity contribution in [1.29, 1.82) is 0 Å². The first-order chi connectivity index (χ1) is 12.0. The van der Waals surface area contributed by atoms with Gasteiger partial charge in [-0.2, -0.15) is 5.10 Å². The van der Waals surface area contributed by atoms with Gasteiger partial charge in [0.15, 0.2) is 5.82 Å². The number of aromatic amines is 1. The number of aliphatic hydroxyl groups is 1. The van der Waals surface area contributed by atoms with Gasteiger partial charge in [-0.1, -0.05) is 18.7 Å². The maximum atomic E-state index is 13.1. The Morgan fingerprint density at radius 2 is 2.04 bits per heavy atom. The first kappa shape index (κ1) is 17.6. The van der Waals surface area contributed by atoms with Crippen molar-refractivity contribution < 1.29 is 9.50 Å². The van der Waals surface area contributed by atoms with Gasteiger partial charge in [0.25, 0.3) is 0 Å². The van der Waals surface area contributed by atoms with Crippen LogP contribution < -0.4 is 0 Å². The molecule has 0 aliphatic heterocycles. The Labute approximate surface area is 148 Å². The van der Waals surface area contributed by atoms with E-state index in [1.54, 1.807) is 16.8 Å². The van der Waals surface area contributed by atoms with Crippen LogP contribution in [-0.2, 0) is 12.3 Å². The van der Waals surface area contributed by atoms with Gasteiger partial charge in [-0.15, -0.1) is 5.10 Å². The predicted octanol–water partition coefficient (Wildman–Crippen LogP) is 2.57. The summed E-state index contributed by atoms with van der Waals surface area (Å²) in [5, 5.41) is 22.0. The average Bonchev–Trinajstić information content (AvgIpc) is 3.19. The lowest BCUT2D eigenvalue weighted by molar-refractivity contribution is 0.144. The lowest BCUT2D eigenvalue weighted by Crippen LogP contribution is -2.17. The minimum atomic E-state index is -0.503. The van der Waals surface area contributed by atoms with Gasteiger partial charge in [-0.3, -0.25) is 5.10 Å². The lowest BCUT2D eigenvalue weighted by atomic mass is 10.2. The molecule has 0 saturated carbocycles. The van der Waals surface area contributed by atoms with Gasteiger partial charge < -0.3 is 5.11 Å². The van der Waals surface area contributed by atoms with Crippen molar-refractivity contribution in [3.8, 4) is 11.4 Å². The molecule has 2 N–H and O–H groups in total. The number of nitrogens with one attached hydrogen (secondary N) is 1. The molecule has 0 fully saturated rings. The molecule has 2 heterocycles. The van der Waals surface area contributed by atoms with Gasteiger partial charge in [0.05, 0.1) is 18.4 Å². The summed E-state index contributed by atoms with van der Waals surface area (Å²) in [5.74, 6) is 2.17. The van der Waals surface area contributed by atoms with Gasteiger partial charge in [-0.25, -0.2) is 19.0 Å². The zero-order valence-corrected chi connectivity index (χ0v) is 14.8. The van der Waals surface area contributed by atoms with Crippen molar-refractivity contribution in [2.45, 2.75) is 43.8 Å². The summed E-state index contributed by atoms with van der Waals surface area (Å²) in [4.78, 5) is 8.81. The van der Waals surface area contributed by atoms with Crippen molar-refractivity contribution in [2.75, 3.05) is 0 Å². The van der Waals surface area contributed by atoms with Crippen LogP contribution in [0.1, 0.15) is 25.0 Å². The summed E-state index contributed by atoms with van der Waals surface area (Å²) in [5.41, 5.74) is 0.728. The van der Waals surface area contributed by atoms with E-state index in [2.05, 4.69) is 25.3 Å². The van der Waals surface area contributed by atoms with E-state index in [1.807, 2.05) is 13.8 Å². The quantitative estimate of drug-likeness (QED) is 0.628. The molecule has 0 aliphatic rings. The second-order valence-corrected chi connectivity index (χ2v) is 6.54. The molecule has 0 saturated heterocycles. The van der Waals surface area contributed by atoms with Crippen LogP contribution in [0.2, 0.25) is 0 Å². The van der Waals surface area contributed by atoms with Gasteiger partial charge in [0.2, 0.25) is 5.16 Å². The van der Waals surface area contributed by atoms with Crippen LogP contribution in [0, 0.1) is 12.7 Å². The third-order valence-corrected chi connectivity index (χ3v) is 4.46. The van der Waals surface area contributed by atoms with Crippen molar-refractivity contribution in [3.05, 3.63) is 41.7 Å². The van der Waals surface area contributed by atoms with Crippen LogP contribution >= 0.6 is 11.8 Å². The molecule has 0 bridgehead atoms. The molecular formula is C16H19FN6OS. The van der Waals surface area contributed by atoms with Crippen LogP contribution in [0.3, 0.4) is 0 Å². The van der Waals surface area contributed by atoms with E-state index in [1.165, 1.54) is 23.9 Å². The molecule has 0 aliphatic carbocycles. The molecular weight excluding hydrogens is 343 g/mol. The number of H-pyrrole nitrogens is 1. The predicted molar refractivity (Wildman–Crippen MR) is 92.4 cm³/mol. The molecule has 1 atom stereocenters. The number of aliphatic hydroxyl groups excluding tert-OH is 1. The van der Waals surface area contributed by atoms with Gasteiger partial charge in [0, 0.05) is 5.56 Å². The van der Waals surface area contributed by atoms with Gasteiger partial charge in [-0.05, 0) is 37.6 Å². The zero-order chi connectivity index (χ0) is 17.8. The number of benzene rings is 1. The fourth-order valence-corrected chi connectivity index (χ4v) is 2.98. The molecule has 3 aromatic rings. The van der Waals surface area contributed by atoms with E-state index in [0.29, 0.717) is 35.5 Å². The molecule has 132 valence electrons. The Bertz CT molecular complexity index is 832. The normalized spacial score (nSPS) is 12.5. The summed E-state index contributed by atoms with van der Waals surface area (Å²) in [6, 6.07) is 6.03. The number of aryl methyl sites for hydroxylation is 1. The van der Waals surface area contributed by atoms with Crippen LogP contribution in [0.25, 0.3) is 11.4 Å². The van der Waals surface area contributed by atoms with Crippen LogP contribution in [0.4, 0.5) is 4.39 Å². The second-order valence-electron chi connectivity index (χ2n) is 5.59. The van der Waals surface area contributed by atoms with E-state index in [4.69, 9.17) is 0 Å². The molecule has 1 unspecified atom stereocenters. The highest BCUT2D eigenvalue weighted by atomic mass is 32.2. The Hall–Kier alpha value is -2.26. The molecule has 0 spiro atoms. The van der Waals surface area contributed by atoms with E-state index < -0.39 is 6.10 Å². The fourth-order valence-electron chi connectivity index (χ4n) is 2.19. The largest absolute Gasteiger partial charge is 0.391 e. The highest BCUT2D eigenvalue weighted by Crippen LogP contribution is 2.22. The van der Waals surface area contributed by atoms with Crippen molar-refractivity contribution in [1.82, 2.24) is 29.9 Å². The maximum Gasteiger partial charge on any atom is 0.208 e. The van der Waals surface area contributed by atoms with Gasteiger partial charge >= 0.3 is 0 Å². The SMILES string of the molecule is CCC(O)Cn1nc(-c2ccc(F)cc2)nc1CSc1n[nH]c(C)n1. The summed E-state index contributed by atoms with van der Waals surface area (Å²) in [6.45, 7) is 4.10. The number of nitrogens with zero attached hydrogens (tertiary/aromatic N) is 5. The Morgan fingerprint density at radius 1 is 1.28 bits per heavy atom. The third-order valence-electron chi connectivity index (χ3n) is 3.61. The summed E-state index contributed by atoms with van der Waals surface area (Å²) >= 11 is 1.44. The number of hydrogen-bond acceptors (Lipinski definition) is 6. The molecule has 2 aromatic heterocycles. The molecule has 25 heavy (non-hydrogen) atoms.